The van der Waals surface area contributed by atoms with Gasteiger partial charge in [0.15, 0.2) is 0 Å². The van der Waals surface area contributed by atoms with Crippen LogP contribution in [0.5, 0.6) is 0 Å². The average Bonchev–Trinajstić information content (AvgIpc) is 2.62. The first-order valence-corrected chi connectivity index (χ1v) is 5.54. The first kappa shape index (κ1) is 13.2. The fourth-order valence-corrected chi connectivity index (χ4v) is 1.49. The molecule has 0 aliphatic carbocycles. The molecule has 1 aromatic carbocycles. The molecule has 1 aliphatic rings. The number of rotatable bonds is 1. The zero-order chi connectivity index (χ0) is 12.8. The zero-order valence-corrected chi connectivity index (χ0v) is 10.5. The van der Waals surface area contributed by atoms with Gasteiger partial charge in [0, 0.05) is 6.92 Å². The van der Waals surface area contributed by atoms with E-state index in [1.54, 1.807) is 18.2 Å². The number of benzene rings is 1. The van der Waals surface area contributed by atoms with Gasteiger partial charge in [-0.2, -0.15) is 0 Å². The van der Waals surface area contributed by atoms with Gasteiger partial charge in [-0.05, 0) is 5.56 Å². The highest BCUT2D eigenvalue weighted by atomic mass is 16.4. The van der Waals surface area contributed by atoms with Crippen molar-refractivity contribution in [1.82, 2.24) is 4.90 Å². The van der Waals surface area contributed by atoms with E-state index in [1.807, 2.05) is 0 Å². The summed E-state index contributed by atoms with van der Waals surface area (Å²) in [4.78, 5) is 12.4. The number of aromatic carboxylic acids is 1. The van der Waals surface area contributed by atoms with E-state index in [0.29, 0.717) is 0 Å². The van der Waals surface area contributed by atoms with Crippen molar-refractivity contribution >= 4 is 11.8 Å². The summed E-state index contributed by atoms with van der Waals surface area (Å²) in [6.07, 6.45) is 0. The standard InChI is InChI=1S/C7H6O2.C6H13N2/c8-7(9)6-4-2-1-3-5-6;1-6-7(2)4-5-8(6)3/h1-5H,(H,8,9);4-5H2,1-3H3/q;+1/p-1. The SMILES string of the molecule is CC1=[N+](C)CCN1C.O=C([O-])c1ccccc1. The summed E-state index contributed by atoms with van der Waals surface area (Å²) in [6, 6.07) is 8.06. The zero-order valence-electron chi connectivity index (χ0n) is 10.5. The molecule has 0 N–H and O–H groups in total. The summed E-state index contributed by atoms with van der Waals surface area (Å²) >= 11 is 0. The smallest absolute Gasteiger partial charge is 0.243 e. The maximum absolute atomic E-state index is 10.1. The first-order chi connectivity index (χ1) is 8.02. The number of carboxylic acid groups (broad SMARTS) is 1. The van der Waals surface area contributed by atoms with Crippen molar-refractivity contribution < 1.29 is 14.5 Å². The lowest BCUT2D eigenvalue weighted by Gasteiger charge is -1.98. The molecule has 1 heterocycles. The van der Waals surface area contributed by atoms with E-state index in [2.05, 4.69) is 30.5 Å². The number of nitrogens with zero attached hydrogens (tertiary/aromatic N) is 2. The molecule has 4 heteroatoms. The van der Waals surface area contributed by atoms with Crippen molar-refractivity contribution in [2.75, 3.05) is 27.2 Å². The van der Waals surface area contributed by atoms with E-state index >= 15 is 0 Å². The molecule has 0 aromatic heterocycles. The Morgan fingerprint density at radius 1 is 1.35 bits per heavy atom. The van der Waals surface area contributed by atoms with Crippen LogP contribution >= 0.6 is 0 Å². The third-order valence-corrected chi connectivity index (χ3v) is 2.89. The minimum absolute atomic E-state index is 0.220. The highest BCUT2D eigenvalue weighted by Crippen LogP contribution is 1.94. The molecule has 0 saturated heterocycles. The molecule has 1 aromatic rings. The van der Waals surface area contributed by atoms with Gasteiger partial charge >= 0.3 is 0 Å². The van der Waals surface area contributed by atoms with Crippen molar-refractivity contribution in [2.24, 2.45) is 0 Å². The largest absolute Gasteiger partial charge is 0.545 e. The highest BCUT2D eigenvalue weighted by molar-refractivity contribution is 5.85. The van der Waals surface area contributed by atoms with Gasteiger partial charge in [-0.3, -0.25) is 9.48 Å². The molecule has 2 rings (SSSR count). The molecular weight excluding hydrogens is 216 g/mol. The summed E-state index contributed by atoms with van der Waals surface area (Å²) < 4.78 is 2.26. The van der Waals surface area contributed by atoms with Crippen molar-refractivity contribution in [3.63, 3.8) is 0 Å². The number of carbonyl (C=O) groups excluding carboxylic acids is 1. The van der Waals surface area contributed by atoms with Crippen molar-refractivity contribution in [3.05, 3.63) is 35.9 Å². The van der Waals surface area contributed by atoms with Crippen LogP contribution in [0.2, 0.25) is 0 Å². The van der Waals surface area contributed by atoms with Crippen molar-refractivity contribution in [3.8, 4) is 0 Å². The van der Waals surface area contributed by atoms with Crippen molar-refractivity contribution in [2.45, 2.75) is 6.92 Å². The molecular formula is C13H18N2O2. The first-order valence-electron chi connectivity index (χ1n) is 5.54. The number of carbonyl (C=O) groups is 1. The van der Waals surface area contributed by atoms with E-state index in [1.165, 1.54) is 31.1 Å². The molecule has 17 heavy (non-hydrogen) atoms. The molecule has 0 unspecified atom stereocenters. The van der Waals surface area contributed by atoms with Crippen LogP contribution in [-0.4, -0.2) is 48.5 Å². The van der Waals surface area contributed by atoms with Crippen LogP contribution in [0.3, 0.4) is 0 Å². The van der Waals surface area contributed by atoms with Crippen LogP contribution in [0.4, 0.5) is 0 Å². The Hall–Kier alpha value is -1.84. The molecule has 0 saturated carbocycles. The van der Waals surface area contributed by atoms with Gasteiger partial charge in [-0.1, -0.05) is 30.3 Å². The molecule has 0 atom stereocenters. The van der Waals surface area contributed by atoms with Crippen LogP contribution in [0, 0.1) is 0 Å². The maximum Gasteiger partial charge on any atom is 0.243 e. The van der Waals surface area contributed by atoms with Gasteiger partial charge in [0.25, 0.3) is 0 Å². The lowest BCUT2D eigenvalue weighted by molar-refractivity contribution is -0.487. The van der Waals surface area contributed by atoms with E-state index in [9.17, 15) is 9.90 Å². The van der Waals surface area contributed by atoms with Crippen LogP contribution in [0.25, 0.3) is 0 Å². The van der Waals surface area contributed by atoms with Crippen LogP contribution in [0.1, 0.15) is 17.3 Å². The van der Waals surface area contributed by atoms with Crippen molar-refractivity contribution in [1.29, 1.82) is 0 Å². The second-order valence-electron chi connectivity index (χ2n) is 4.04. The monoisotopic (exact) mass is 234 g/mol. The molecule has 0 radical (unpaired) electrons. The van der Waals surface area contributed by atoms with Gasteiger partial charge in [0.2, 0.25) is 5.84 Å². The lowest BCUT2D eigenvalue weighted by atomic mass is 10.2. The minimum Gasteiger partial charge on any atom is -0.545 e. The maximum atomic E-state index is 10.1. The van der Waals surface area contributed by atoms with Gasteiger partial charge in [0.05, 0.1) is 20.1 Å². The minimum atomic E-state index is -1.13. The van der Waals surface area contributed by atoms with Gasteiger partial charge in [-0.25, -0.2) is 0 Å². The number of amidine groups is 1. The van der Waals surface area contributed by atoms with Crippen LogP contribution in [-0.2, 0) is 0 Å². The predicted octanol–water partition coefficient (Wildman–Crippen LogP) is 0.0426. The Balaban J connectivity index is 0.000000171. The Morgan fingerprint density at radius 3 is 2.18 bits per heavy atom. The number of likely N-dealkylation sites (N-methyl/N-ethyl adjacent to an activating group) is 2. The van der Waals surface area contributed by atoms with E-state index in [0.717, 1.165) is 0 Å². The second-order valence-corrected chi connectivity index (χ2v) is 4.04. The quantitative estimate of drug-likeness (QED) is 0.645. The van der Waals surface area contributed by atoms with Gasteiger partial charge < -0.3 is 9.90 Å². The molecule has 0 bridgehead atoms. The number of carboxylic acids is 1. The fraction of sp³-hybridized carbons (Fsp3) is 0.385. The normalized spacial score (nSPS) is 14.4. The van der Waals surface area contributed by atoms with Crippen LogP contribution < -0.4 is 5.11 Å². The summed E-state index contributed by atoms with van der Waals surface area (Å²) in [5.74, 6) is 0.251. The third-order valence-electron chi connectivity index (χ3n) is 2.89. The molecule has 92 valence electrons. The molecule has 0 fully saturated rings. The molecule has 0 amide bonds. The molecule has 0 spiro atoms. The molecule has 4 nitrogen and oxygen atoms in total. The topological polar surface area (TPSA) is 46.4 Å². The Labute approximate surface area is 102 Å². The van der Waals surface area contributed by atoms with Gasteiger partial charge in [-0.15, -0.1) is 0 Å². The number of hydrogen-bond donors (Lipinski definition) is 0. The lowest BCUT2D eigenvalue weighted by Crippen LogP contribution is -2.21. The Bertz CT molecular complexity index is 413. The Kier molecular flexibility index (Phi) is 4.69. The van der Waals surface area contributed by atoms with Gasteiger partial charge in [0.1, 0.15) is 13.1 Å². The van der Waals surface area contributed by atoms with E-state index in [4.69, 9.17) is 0 Å². The van der Waals surface area contributed by atoms with Crippen LogP contribution in [0.15, 0.2) is 30.3 Å². The second kappa shape index (κ2) is 6.03. The molecule has 1 aliphatic heterocycles. The third kappa shape index (κ3) is 3.90. The van der Waals surface area contributed by atoms with E-state index in [-0.39, 0.29) is 5.56 Å². The highest BCUT2D eigenvalue weighted by Gasteiger charge is 2.18. The number of hydrogen-bond acceptors (Lipinski definition) is 3. The summed E-state index contributed by atoms with van der Waals surface area (Å²) in [5.41, 5.74) is 0.220. The average molecular weight is 234 g/mol. The fourth-order valence-electron chi connectivity index (χ4n) is 1.49. The predicted molar refractivity (Wildman–Crippen MR) is 65.1 cm³/mol. The Morgan fingerprint density at radius 2 is 1.94 bits per heavy atom. The summed E-state index contributed by atoms with van der Waals surface area (Å²) in [5, 5.41) is 10.1. The summed E-state index contributed by atoms with van der Waals surface area (Å²) in [7, 11) is 4.25. The van der Waals surface area contributed by atoms with E-state index < -0.39 is 5.97 Å². The summed E-state index contributed by atoms with van der Waals surface area (Å²) in [6.45, 7) is 4.51.